The zero-order valence-corrected chi connectivity index (χ0v) is 19.9. The lowest BCUT2D eigenvalue weighted by Crippen LogP contribution is -2.51. The van der Waals surface area contributed by atoms with Crippen LogP contribution < -0.4 is 4.74 Å². The molecule has 2 aliphatic rings. The molecule has 2 aromatic carbocycles. The number of piperazine rings is 1. The lowest BCUT2D eigenvalue weighted by atomic mass is 9.94. The first-order chi connectivity index (χ1) is 14.8. The van der Waals surface area contributed by atoms with Gasteiger partial charge in [-0.25, -0.2) is 0 Å². The van der Waals surface area contributed by atoms with Gasteiger partial charge in [-0.1, -0.05) is 74.6 Å². The molecule has 1 saturated heterocycles. The Morgan fingerprint density at radius 2 is 1.52 bits per heavy atom. The molecule has 170 valence electrons. The zero-order chi connectivity index (χ0) is 20.6. The highest BCUT2D eigenvalue weighted by Crippen LogP contribution is 2.29. The quantitative estimate of drug-likeness (QED) is 0.535. The molecule has 0 amide bonds. The van der Waals surface area contributed by atoms with Gasteiger partial charge in [-0.05, 0) is 42.5 Å². The average Bonchev–Trinajstić information content (AvgIpc) is 2.78. The molecule has 0 N–H and O–H groups in total. The van der Waals surface area contributed by atoms with Crippen molar-refractivity contribution in [2.75, 3.05) is 33.3 Å². The molecule has 2 fully saturated rings. The van der Waals surface area contributed by atoms with Crippen molar-refractivity contribution < 1.29 is 4.74 Å². The number of methoxy groups -OCH3 is 1. The topological polar surface area (TPSA) is 15.7 Å². The van der Waals surface area contributed by atoms with Crippen LogP contribution in [0.15, 0.2) is 54.6 Å². The molecule has 0 radical (unpaired) electrons. The van der Waals surface area contributed by atoms with Crippen molar-refractivity contribution in [3.63, 3.8) is 0 Å². The van der Waals surface area contributed by atoms with Crippen LogP contribution in [0.25, 0.3) is 0 Å². The standard InChI is InChI=1S/C27H38N2O.ClH/c1-30-26-16-10-11-23(21-26)22-27(24-12-6-5-7-13-24)29-19-17-28(18-20-29)25-14-8-3-2-4-9-15-25;/h5-7,10-13,16,21,25,27H,2-4,8-9,14-15,17-20,22H2,1H3;1H. The van der Waals surface area contributed by atoms with Gasteiger partial charge in [-0.3, -0.25) is 9.80 Å². The summed E-state index contributed by atoms with van der Waals surface area (Å²) < 4.78 is 5.47. The Labute approximate surface area is 195 Å². The number of halogens is 1. The molecule has 0 aromatic heterocycles. The van der Waals surface area contributed by atoms with Gasteiger partial charge in [0.15, 0.2) is 0 Å². The summed E-state index contributed by atoms with van der Waals surface area (Å²) in [7, 11) is 1.75. The van der Waals surface area contributed by atoms with Crippen molar-refractivity contribution in [1.29, 1.82) is 0 Å². The van der Waals surface area contributed by atoms with E-state index in [9.17, 15) is 0 Å². The summed E-state index contributed by atoms with van der Waals surface area (Å²) >= 11 is 0. The minimum absolute atomic E-state index is 0. The fourth-order valence-electron chi connectivity index (χ4n) is 5.37. The molecule has 2 aromatic rings. The molecule has 1 atom stereocenters. The van der Waals surface area contributed by atoms with Gasteiger partial charge >= 0.3 is 0 Å². The van der Waals surface area contributed by atoms with E-state index in [0.717, 1.165) is 18.2 Å². The molecule has 1 heterocycles. The molecule has 3 nitrogen and oxygen atoms in total. The Morgan fingerprint density at radius 1 is 0.839 bits per heavy atom. The van der Waals surface area contributed by atoms with E-state index < -0.39 is 0 Å². The van der Waals surface area contributed by atoms with Gasteiger partial charge < -0.3 is 4.74 Å². The van der Waals surface area contributed by atoms with Crippen LogP contribution in [0.4, 0.5) is 0 Å². The van der Waals surface area contributed by atoms with Crippen LogP contribution in [0.1, 0.15) is 62.1 Å². The van der Waals surface area contributed by atoms with Crippen LogP contribution in [0.3, 0.4) is 0 Å². The number of hydrogen-bond donors (Lipinski definition) is 0. The highest BCUT2D eigenvalue weighted by molar-refractivity contribution is 5.85. The van der Waals surface area contributed by atoms with Crippen molar-refractivity contribution in [1.82, 2.24) is 9.80 Å². The van der Waals surface area contributed by atoms with Crippen molar-refractivity contribution >= 4 is 12.4 Å². The van der Waals surface area contributed by atoms with E-state index in [4.69, 9.17) is 4.74 Å². The SMILES string of the molecule is COc1cccc(CC(c2ccccc2)N2CCN(C3CCCCCCC3)CC2)c1.Cl. The average molecular weight is 443 g/mol. The van der Waals surface area contributed by atoms with Crippen LogP contribution in [0.2, 0.25) is 0 Å². The van der Waals surface area contributed by atoms with Crippen LogP contribution in [-0.4, -0.2) is 49.1 Å². The number of ether oxygens (including phenoxy) is 1. The fraction of sp³-hybridized carbons (Fsp3) is 0.556. The molecule has 0 spiro atoms. The molecule has 1 saturated carbocycles. The maximum absolute atomic E-state index is 5.47. The number of hydrogen-bond acceptors (Lipinski definition) is 3. The van der Waals surface area contributed by atoms with Crippen molar-refractivity contribution in [3.05, 3.63) is 65.7 Å². The zero-order valence-electron chi connectivity index (χ0n) is 19.0. The maximum Gasteiger partial charge on any atom is 0.119 e. The third-order valence-electron chi connectivity index (χ3n) is 7.13. The minimum Gasteiger partial charge on any atom is -0.497 e. The summed E-state index contributed by atoms with van der Waals surface area (Å²) in [6, 6.07) is 20.9. The van der Waals surface area contributed by atoms with Crippen molar-refractivity contribution in [2.24, 2.45) is 0 Å². The monoisotopic (exact) mass is 442 g/mol. The number of rotatable bonds is 6. The normalized spacial score (nSPS) is 20.3. The van der Waals surface area contributed by atoms with Crippen LogP contribution in [0.5, 0.6) is 5.75 Å². The minimum atomic E-state index is 0. The summed E-state index contributed by atoms with van der Waals surface area (Å²) in [5.41, 5.74) is 2.78. The lowest BCUT2D eigenvalue weighted by Gasteiger charge is -2.43. The second-order valence-corrected chi connectivity index (χ2v) is 9.05. The lowest BCUT2D eigenvalue weighted by molar-refractivity contribution is 0.0595. The summed E-state index contributed by atoms with van der Waals surface area (Å²) in [4.78, 5) is 5.52. The van der Waals surface area contributed by atoms with E-state index in [1.807, 2.05) is 6.07 Å². The molecule has 0 bridgehead atoms. The molecule has 1 aliphatic heterocycles. The van der Waals surface area contributed by atoms with Gasteiger partial charge in [0, 0.05) is 38.3 Å². The van der Waals surface area contributed by atoms with Gasteiger partial charge in [0.25, 0.3) is 0 Å². The highest BCUT2D eigenvalue weighted by Gasteiger charge is 2.28. The second-order valence-electron chi connectivity index (χ2n) is 9.05. The Bertz CT molecular complexity index is 753. The van der Waals surface area contributed by atoms with Gasteiger partial charge in [0.1, 0.15) is 5.75 Å². The summed E-state index contributed by atoms with van der Waals surface area (Å²) in [6.45, 7) is 4.76. The number of nitrogens with zero attached hydrogens (tertiary/aromatic N) is 2. The molecular formula is C27H39ClN2O. The first-order valence-electron chi connectivity index (χ1n) is 12.0. The molecular weight excluding hydrogens is 404 g/mol. The Balaban J connectivity index is 0.00000272. The fourth-order valence-corrected chi connectivity index (χ4v) is 5.37. The Hall–Kier alpha value is -1.55. The molecule has 4 rings (SSSR count). The number of benzene rings is 2. The predicted octanol–water partition coefficient (Wildman–Crippen LogP) is 6.13. The van der Waals surface area contributed by atoms with Crippen molar-refractivity contribution in [3.8, 4) is 5.75 Å². The van der Waals surface area contributed by atoms with Gasteiger partial charge in [0.2, 0.25) is 0 Å². The molecule has 31 heavy (non-hydrogen) atoms. The third-order valence-corrected chi connectivity index (χ3v) is 7.13. The first-order valence-corrected chi connectivity index (χ1v) is 12.0. The summed E-state index contributed by atoms with van der Waals surface area (Å²) in [5, 5.41) is 0. The largest absolute Gasteiger partial charge is 0.497 e. The summed E-state index contributed by atoms with van der Waals surface area (Å²) in [6.07, 6.45) is 11.0. The molecule has 4 heteroatoms. The molecule has 1 aliphatic carbocycles. The van der Waals surface area contributed by atoms with Crippen LogP contribution in [0, 0.1) is 0 Å². The van der Waals surface area contributed by atoms with E-state index in [1.54, 1.807) is 7.11 Å². The van der Waals surface area contributed by atoms with Gasteiger partial charge in [0.05, 0.1) is 7.11 Å². The van der Waals surface area contributed by atoms with E-state index in [0.29, 0.717) is 6.04 Å². The van der Waals surface area contributed by atoms with E-state index in [2.05, 4.69) is 58.3 Å². The predicted molar refractivity (Wildman–Crippen MR) is 132 cm³/mol. The van der Waals surface area contributed by atoms with Crippen LogP contribution in [-0.2, 0) is 6.42 Å². The van der Waals surface area contributed by atoms with Crippen molar-refractivity contribution in [2.45, 2.75) is 63.5 Å². The van der Waals surface area contributed by atoms with Gasteiger partial charge in [-0.15, -0.1) is 12.4 Å². The summed E-state index contributed by atoms with van der Waals surface area (Å²) in [5.74, 6) is 0.952. The smallest absolute Gasteiger partial charge is 0.119 e. The molecule has 1 unspecified atom stereocenters. The first kappa shape index (κ1) is 24.1. The van der Waals surface area contributed by atoms with E-state index in [1.165, 1.54) is 82.3 Å². The second kappa shape index (κ2) is 12.5. The van der Waals surface area contributed by atoms with Gasteiger partial charge in [-0.2, -0.15) is 0 Å². The van der Waals surface area contributed by atoms with E-state index in [-0.39, 0.29) is 12.4 Å². The Morgan fingerprint density at radius 3 is 2.19 bits per heavy atom. The Kier molecular flexibility index (Phi) is 9.70. The van der Waals surface area contributed by atoms with Crippen LogP contribution >= 0.6 is 12.4 Å². The van der Waals surface area contributed by atoms with E-state index >= 15 is 0 Å². The highest BCUT2D eigenvalue weighted by atomic mass is 35.5. The maximum atomic E-state index is 5.47. The third kappa shape index (κ3) is 6.71.